The van der Waals surface area contributed by atoms with Crippen LogP contribution >= 0.6 is 11.3 Å². The number of hydrogen-bond acceptors (Lipinski definition) is 6. The summed E-state index contributed by atoms with van der Waals surface area (Å²) in [4.78, 5) is 14.2. The van der Waals surface area contributed by atoms with E-state index in [1.165, 1.54) is 33.2 Å². The second-order valence-electron chi connectivity index (χ2n) is 4.42. The molecule has 0 N–H and O–H groups in total. The summed E-state index contributed by atoms with van der Waals surface area (Å²) in [6.45, 7) is 3.05. The predicted octanol–water partition coefficient (Wildman–Crippen LogP) is 2.49. The third-order valence-corrected chi connectivity index (χ3v) is 5.91. The van der Waals surface area contributed by atoms with Gasteiger partial charge in [-0.1, -0.05) is 12.1 Å². The van der Waals surface area contributed by atoms with Crippen molar-refractivity contribution in [1.29, 1.82) is 0 Å². The smallest absolute Gasteiger partial charge is 0.258 e. The highest BCUT2D eigenvalue weighted by Gasteiger charge is 2.34. The number of nitro benzene ring substituents is 1. The van der Waals surface area contributed by atoms with E-state index in [2.05, 4.69) is 4.98 Å². The number of aromatic nitrogens is 1. The first-order valence-corrected chi connectivity index (χ1v) is 8.21. The SMILES string of the molecule is Cc1ccc(C)c(S(=O)(=O)N(C)c2nccs2)c1[N+](=O)[O-]. The van der Waals surface area contributed by atoms with E-state index < -0.39 is 20.6 Å². The maximum Gasteiger partial charge on any atom is 0.293 e. The lowest BCUT2D eigenvalue weighted by molar-refractivity contribution is -0.388. The van der Waals surface area contributed by atoms with Crippen molar-refractivity contribution in [3.63, 3.8) is 0 Å². The monoisotopic (exact) mass is 327 g/mol. The molecule has 112 valence electrons. The molecule has 2 aromatic rings. The maximum absolute atomic E-state index is 12.7. The largest absolute Gasteiger partial charge is 0.293 e. The van der Waals surface area contributed by atoms with Crippen molar-refractivity contribution in [3.05, 3.63) is 45.0 Å². The molecule has 1 aromatic heterocycles. The molecular formula is C12H13N3O4S2. The topological polar surface area (TPSA) is 93.4 Å². The number of nitrogens with zero attached hydrogens (tertiary/aromatic N) is 3. The Morgan fingerprint density at radius 2 is 1.90 bits per heavy atom. The van der Waals surface area contributed by atoms with Crippen LogP contribution in [0.25, 0.3) is 0 Å². The number of benzene rings is 1. The summed E-state index contributed by atoms with van der Waals surface area (Å²) in [6.07, 6.45) is 1.48. The standard InChI is InChI=1S/C12H13N3O4S2/c1-8-4-5-9(2)11(10(8)15(16)17)21(18,19)14(3)12-13-6-7-20-12/h4-7H,1-3H3. The summed E-state index contributed by atoms with van der Waals surface area (Å²) >= 11 is 1.14. The van der Waals surface area contributed by atoms with Crippen LogP contribution in [-0.2, 0) is 10.0 Å². The molecule has 0 aliphatic rings. The molecule has 0 atom stereocenters. The second kappa shape index (κ2) is 5.41. The van der Waals surface area contributed by atoms with Crippen LogP contribution < -0.4 is 4.31 Å². The van der Waals surface area contributed by atoms with Crippen molar-refractivity contribution in [2.75, 3.05) is 11.4 Å². The van der Waals surface area contributed by atoms with Crippen LogP contribution in [0.4, 0.5) is 10.8 Å². The van der Waals surface area contributed by atoms with Crippen LogP contribution in [0.2, 0.25) is 0 Å². The molecule has 0 bridgehead atoms. The lowest BCUT2D eigenvalue weighted by Gasteiger charge is -2.18. The Balaban J connectivity index is 2.71. The van der Waals surface area contributed by atoms with Gasteiger partial charge in [0.1, 0.15) is 0 Å². The van der Waals surface area contributed by atoms with Gasteiger partial charge in [-0.2, -0.15) is 0 Å². The normalized spacial score (nSPS) is 11.4. The Labute approximate surface area is 126 Å². The van der Waals surface area contributed by atoms with Crippen LogP contribution in [0.5, 0.6) is 0 Å². The zero-order chi connectivity index (χ0) is 15.8. The number of anilines is 1. The highest BCUT2D eigenvalue weighted by Crippen LogP contribution is 2.34. The van der Waals surface area contributed by atoms with Gasteiger partial charge in [0.15, 0.2) is 10.0 Å². The molecule has 7 nitrogen and oxygen atoms in total. The number of hydrogen-bond donors (Lipinski definition) is 0. The summed E-state index contributed by atoms with van der Waals surface area (Å²) in [6, 6.07) is 3.10. The molecule has 0 amide bonds. The Morgan fingerprint density at radius 3 is 2.43 bits per heavy atom. The van der Waals surface area contributed by atoms with Gasteiger partial charge in [-0.15, -0.1) is 11.3 Å². The minimum absolute atomic E-state index is 0.255. The molecule has 0 saturated carbocycles. The Kier molecular flexibility index (Phi) is 3.97. The Morgan fingerprint density at radius 1 is 1.29 bits per heavy atom. The van der Waals surface area contributed by atoms with Gasteiger partial charge in [0.05, 0.1) is 4.92 Å². The summed E-state index contributed by atoms with van der Waals surface area (Å²) < 4.78 is 26.4. The fourth-order valence-corrected chi connectivity index (χ4v) is 4.35. The number of sulfonamides is 1. The van der Waals surface area contributed by atoms with E-state index in [-0.39, 0.29) is 10.0 Å². The summed E-state index contributed by atoms with van der Waals surface area (Å²) in [5.41, 5.74) is 0.242. The number of thiazole rings is 1. The quantitative estimate of drug-likeness (QED) is 0.635. The van der Waals surface area contributed by atoms with E-state index >= 15 is 0 Å². The fraction of sp³-hybridized carbons (Fsp3) is 0.250. The Hall–Kier alpha value is -2.00. The molecule has 0 spiro atoms. The van der Waals surface area contributed by atoms with Crippen molar-refractivity contribution in [3.8, 4) is 0 Å². The first-order valence-electron chi connectivity index (χ1n) is 5.90. The van der Waals surface area contributed by atoms with Crippen molar-refractivity contribution >= 4 is 32.2 Å². The zero-order valence-corrected chi connectivity index (χ0v) is 13.2. The molecule has 1 aromatic carbocycles. The molecule has 0 radical (unpaired) electrons. The van der Waals surface area contributed by atoms with Crippen molar-refractivity contribution in [2.24, 2.45) is 0 Å². The molecule has 0 aliphatic carbocycles. The number of rotatable bonds is 4. The van der Waals surface area contributed by atoms with E-state index in [1.54, 1.807) is 11.4 Å². The van der Waals surface area contributed by atoms with E-state index in [0.29, 0.717) is 11.1 Å². The first kappa shape index (κ1) is 15.4. The second-order valence-corrected chi connectivity index (χ2v) is 7.20. The van der Waals surface area contributed by atoms with E-state index in [4.69, 9.17) is 0 Å². The fourth-order valence-electron chi connectivity index (χ4n) is 1.93. The molecule has 0 fully saturated rings. The van der Waals surface area contributed by atoms with Crippen LogP contribution in [0.3, 0.4) is 0 Å². The minimum atomic E-state index is -4.05. The Bertz CT molecular complexity index is 785. The predicted molar refractivity (Wildman–Crippen MR) is 80.3 cm³/mol. The first-order chi connectivity index (χ1) is 9.76. The average molecular weight is 327 g/mol. The van der Waals surface area contributed by atoms with E-state index in [0.717, 1.165) is 15.6 Å². The number of aryl methyl sites for hydroxylation is 2. The van der Waals surface area contributed by atoms with Crippen LogP contribution in [0, 0.1) is 24.0 Å². The van der Waals surface area contributed by atoms with Crippen molar-refractivity contribution in [2.45, 2.75) is 18.7 Å². The lowest BCUT2D eigenvalue weighted by Crippen LogP contribution is -2.28. The van der Waals surface area contributed by atoms with Crippen LogP contribution in [0.1, 0.15) is 11.1 Å². The molecule has 0 saturated heterocycles. The van der Waals surface area contributed by atoms with Crippen molar-refractivity contribution in [1.82, 2.24) is 4.98 Å². The number of nitro groups is 1. The summed E-state index contributed by atoms with van der Waals surface area (Å²) in [5, 5.41) is 13.2. The lowest BCUT2D eigenvalue weighted by atomic mass is 10.1. The molecule has 21 heavy (non-hydrogen) atoms. The summed E-state index contributed by atoms with van der Waals surface area (Å²) in [7, 11) is -2.72. The van der Waals surface area contributed by atoms with Crippen molar-refractivity contribution < 1.29 is 13.3 Å². The molecular weight excluding hydrogens is 314 g/mol. The molecule has 9 heteroatoms. The van der Waals surface area contributed by atoms with E-state index in [1.807, 2.05) is 0 Å². The van der Waals surface area contributed by atoms with Gasteiger partial charge in [-0.25, -0.2) is 17.7 Å². The van der Waals surface area contributed by atoms with Gasteiger partial charge in [-0.3, -0.25) is 10.1 Å². The van der Waals surface area contributed by atoms with E-state index in [9.17, 15) is 18.5 Å². The highest BCUT2D eigenvalue weighted by molar-refractivity contribution is 7.93. The molecule has 1 heterocycles. The maximum atomic E-state index is 12.7. The van der Waals surface area contributed by atoms with Gasteiger partial charge < -0.3 is 0 Å². The summed E-state index contributed by atoms with van der Waals surface area (Å²) in [5.74, 6) is 0. The minimum Gasteiger partial charge on any atom is -0.258 e. The average Bonchev–Trinajstić information content (AvgIpc) is 2.93. The van der Waals surface area contributed by atoms with Crippen LogP contribution in [0.15, 0.2) is 28.6 Å². The third kappa shape index (κ3) is 2.61. The van der Waals surface area contributed by atoms with Gasteiger partial charge in [0, 0.05) is 24.2 Å². The third-order valence-electron chi connectivity index (χ3n) is 3.02. The molecule has 0 unspecified atom stereocenters. The zero-order valence-electron chi connectivity index (χ0n) is 11.6. The van der Waals surface area contributed by atoms with Gasteiger partial charge >= 0.3 is 0 Å². The van der Waals surface area contributed by atoms with Crippen LogP contribution in [-0.4, -0.2) is 25.4 Å². The van der Waals surface area contributed by atoms with Gasteiger partial charge in [0.2, 0.25) is 0 Å². The van der Waals surface area contributed by atoms with Gasteiger partial charge in [-0.05, 0) is 19.4 Å². The van der Waals surface area contributed by atoms with Gasteiger partial charge in [0.25, 0.3) is 15.7 Å². The molecule has 0 aliphatic heterocycles. The molecule has 2 rings (SSSR count). The highest BCUT2D eigenvalue weighted by atomic mass is 32.2.